The molecule has 0 spiro atoms. The summed E-state index contributed by atoms with van der Waals surface area (Å²) in [4.78, 5) is 25.6. The molecule has 0 radical (unpaired) electrons. The maximum absolute atomic E-state index is 14.6. The molecule has 1 saturated heterocycles. The molecule has 0 unspecified atom stereocenters. The van der Waals surface area contributed by atoms with Crippen molar-refractivity contribution in [2.75, 3.05) is 31.1 Å². The molecule has 1 aliphatic heterocycles. The Labute approximate surface area is 159 Å². The summed E-state index contributed by atoms with van der Waals surface area (Å²) in [7, 11) is 0. The van der Waals surface area contributed by atoms with Gasteiger partial charge in [0, 0.05) is 43.8 Å². The number of rotatable bonds is 3. The zero-order valence-corrected chi connectivity index (χ0v) is 14.8. The number of halogens is 1. The van der Waals surface area contributed by atoms with Crippen molar-refractivity contribution < 1.29 is 36.7 Å². The Morgan fingerprint density at radius 3 is 2.52 bits per heavy atom. The van der Waals surface area contributed by atoms with E-state index in [2.05, 4.69) is 5.32 Å². The first-order chi connectivity index (χ1) is 11.6. The van der Waals surface area contributed by atoms with Crippen molar-refractivity contribution in [1.82, 2.24) is 9.88 Å². The molecular weight excluding hydrogens is 421 g/mol. The number of hydrogen-bond acceptors (Lipinski definition) is 5. The van der Waals surface area contributed by atoms with E-state index in [1.165, 1.54) is 12.3 Å². The maximum Gasteiger partial charge on any atom is 1.00 e. The normalized spacial score (nSPS) is 17.4. The summed E-state index contributed by atoms with van der Waals surface area (Å²) in [5.41, 5.74) is -0.0576. The van der Waals surface area contributed by atoms with E-state index in [4.69, 9.17) is 0 Å². The third-order valence-corrected chi connectivity index (χ3v) is 4.72. The average Bonchev–Trinajstić information content (AvgIpc) is 3.40. The van der Waals surface area contributed by atoms with Crippen LogP contribution in [0, 0.1) is 5.82 Å². The van der Waals surface area contributed by atoms with Gasteiger partial charge in [-0.05, 0) is 25.0 Å². The molecular formula is C17H17AgFN3O3. The summed E-state index contributed by atoms with van der Waals surface area (Å²) in [6, 6.07) is 3.00. The molecule has 2 aliphatic rings. The Hall–Kier alpha value is -1.67. The number of carbonyl (C=O) groups is 1. The molecule has 1 aliphatic carbocycles. The Morgan fingerprint density at radius 1 is 1.24 bits per heavy atom. The SMILES string of the molecule is O=C([O-])c1cn(C2CC2)c2cc(N3CCNCC3)c(F)cc2c1=O.[Ag+]. The standard InChI is InChI=1S/C17H18FN3O3.Ag/c18-13-7-11-14(8-15(13)20-5-3-19-4-6-20)21(10-1-2-10)9-12(16(11)22)17(23)24;/h7-10,19H,1-6H2,(H,23,24);/q;+1/p-1. The zero-order valence-electron chi connectivity index (χ0n) is 13.4. The van der Waals surface area contributed by atoms with Gasteiger partial charge in [0.25, 0.3) is 0 Å². The molecule has 1 aromatic carbocycles. The molecule has 2 aromatic rings. The molecule has 0 bridgehead atoms. The van der Waals surface area contributed by atoms with E-state index >= 15 is 0 Å². The molecule has 0 atom stereocenters. The Kier molecular flexibility index (Phi) is 5.02. The van der Waals surface area contributed by atoms with Crippen LogP contribution in [0.15, 0.2) is 23.1 Å². The van der Waals surface area contributed by atoms with Gasteiger partial charge in [0.05, 0.1) is 22.7 Å². The molecule has 136 valence electrons. The topological polar surface area (TPSA) is 77.4 Å². The number of carbonyl (C=O) groups excluding carboxylic acids is 1. The number of hydrogen-bond donors (Lipinski definition) is 1. The summed E-state index contributed by atoms with van der Waals surface area (Å²) < 4.78 is 16.4. The second-order valence-electron chi connectivity index (χ2n) is 6.36. The molecule has 4 rings (SSSR count). The fourth-order valence-electron chi connectivity index (χ4n) is 3.31. The molecule has 1 aromatic heterocycles. The molecule has 2 heterocycles. The molecule has 25 heavy (non-hydrogen) atoms. The smallest absolute Gasteiger partial charge is 0.545 e. The number of pyridine rings is 1. The van der Waals surface area contributed by atoms with Crippen LogP contribution < -0.4 is 20.8 Å². The minimum Gasteiger partial charge on any atom is -0.545 e. The van der Waals surface area contributed by atoms with Crippen molar-refractivity contribution in [3.8, 4) is 0 Å². The first kappa shape index (κ1) is 18.1. The van der Waals surface area contributed by atoms with Gasteiger partial charge in [0.1, 0.15) is 5.82 Å². The van der Waals surface area contributed by atoms with E-state index in [1.54, 1.807) is 10.6 Å². The number of carboxylic acid groups (broad SMARTS) is 1. The van der Waals surface area contributed by atoms with Gasteiger partial charge in [-0.3, -0.25) is 4.79 Å². The number of nitrogens with zero attached hydrogens (tertiary/aromatic N) is 2. The summed E-state index contributed by atoms with van der Waals surface area (Å²) >= 11 is 0. The fraction of sp³-hybridized carbons (Fsp3) is 0.412. The van der Waals surface area contributed by atoms with Gasteiger partial charge in [-0.1, -0.05) is 0 Å². The van der Waals surface area contributed by atoms with Crippen LogP contribution in [0.3, 0.4) is 0 Å². The minimum atomic E-state index is -1.53. The molecule has 6 nitrogen and oxygen atoms in total. The van der Waals surface area contributed by atoms with E-state index in [0.29, 0.717) is 24.3 Å². The zero-order chi connectivity index (χ0) is 16.8. The predicted octanol–water partition coefficient (Wildman–Crippen LogP) is 0.246. The number of aromatic nitrogens is 1. The van der Waals surface area contributed by atoms with Gasteiger partial charge in [-0.15, -0.1) is 0 Å². The van der Waals surface area contributed by atoms with Crippen molar-refractivity contribution in [3.05, 3.63) is 39.9 Å². The summed E-state index contributed by atoms with van der Waals surface area (Å²) in [6.07, 6.45) is 3.19. The second kappa shape index (κ2) is 6.92. The van der Waals surface area contributed by atoms with Gasteiger partial charge in [-0.2, -0.15) is 0 Å². The number of piperazine rings is 1. The van der Waals surface area contributed by atoms with Crippen molar-refractivity contribution in [2.24, 2.45) is 0 Å². The van der Waals surface area contributed by atoms with Crippen LogP contribution in [0.2, 0.25) is 0 Å². The quantitative estimate of drug-likeness (QED) is 0.696. The van der Waals surface area contributed by atoms with E-state index in [1.807, 2.05) is 4.90 Å². The van der Waals surface area contributed by atoms with Gasteiger partial charge >= 0.3 is 22.4 Å². The monoisotopic (exact) mass is 437 g/mol. The summed E-state index contributed by atoms with van der Waals surface area (Å²) in [5.74, 6) is -2.03. The number of anilines is 1. The van der Waals surface area contributed by atoms with E-state index < -0.39 is 22.8 Å². The molecule has 1 saturated carbocycles. The van der Waals surface area contributed by atoms with E-state index in [-0.39, 0.29) is 33.8 Å². The largest absolute Gasteiger partial charge is 1.00 e. The second-order valence-corrected chi connectivity index (χ2v) is 6.36. The summed E-state index contributed by atoms with van der Waals surface area (Å²) in [6.45, 7) is 2.92. The number of fused-ring (bicyclic) bond motifs is 1. The van der Waals surface area contributed by atoms with Crippen LogP contribution >= 0.6 is 0 Å². The Bertz CT molecular complexity index is 889. The Morgan fingerprint density at radius 2 is 1.92 bits per heavy atom. The van der Waals surface area contributed by atoms with E-state index in [9.17, 15) is 19.1 Å². The van der Waals surface area contributed by atoms with Gasteiger partial charge < -0.3 is 24.7 Å². The van der Waals surface area contributed by atoms with Crippen molar-refractivity contribution in [1.29, 1.82) is 0 Å². The van der Waals surface area contributed by atoms with Gasteiger partial charge in [0.15, 0.2) is 5.43 Å². The third kappa shape index (κ3) is 3.25. The van der Waals surface area contributed by atoms with Crippen LogP contribution in [0.25, 0.3) is 10.9 Å². The third-order valence-electron chi connectivity index (χ3n) is 4.72. The number of aromatic carboxylic acids is 1. The molecule has 2 fully saturated rings. The van der Waals surface area contributed by atoms with Crippen LogP contribution in [0.1, 0.15) is 29.2 Å². The number of carboxylic acids is 1. The van der Waals surface area contributed by atoms with Crippen LogP contribution in [-0.4, -0.2) is 36.7 Å². The number of nitrogens with one attached hydrogen (secondary N) is 1. The maximum atomic E-state index is 14.6. The van der Waals surface area contributed by atoms with Crippen molar-refractivity contribution >= 4 is 22.6 Å². The molecule has 1 N–H and O–H groups in total. The molecule has 8 heteroatoms. The minimum absolute atomic E-state index is 0. The fourth-order valence-corrected chi connectivity index (χ4v) is 3.31. The number of benzene rings is 1. The van der Waals surface area contributed by atoms with Gasteiger partial charge in [-0.25, -0.2) is 4.39 Å². The summed E-state index contributed by atoms with van der Waals surface area (Å²) in [5, 5.41) is 14.5. The predicted molar refractivity (Wildman–Crippen MR) is 85.9 cm³/mol. The van der Waals surface area contributed by atoms with Crippen molar-refractivity contribution in [2.45, 2.75) is 18.9 Å². The average molecular weight is 438 g/mol. The first-order valence-corrected chi connectivity index (χ1v) is 8.11. The van der Waals surface area contributed by atoms with Crippen molar-refractivity contribution in [3.63, 3.8) is 0 Å². The van der Waals surface area contributed by atoms with Crippen LogP contribution in [0.5, 0.6) is 0 Å². The first-order valence-electron chi connectivity index (χ1n) is 8.11. The van der Waals surface area contributed by atoms with Crippen LogP contribution in [0.4, 0.5) is 10.1 Å². The van der Waals surface area contributed by atoms with E-state index in [0.717, 1.165) is 25.9 Å². The molecule has 0 amide bonds. The van der Waals surface area contributed by atoms with Gasteiger partial charge in [0.2, 0.25) is 0 Å². The Balaban J connectivity index is 0.00000182. The van der Waals surface area contributed by atoms with Crippen LogP contribution in [-0.2, 0) is 22.4 Å².